The van der Waals surface area contributed by atoms with Gasteiger partial charge in [-0.25, -0.2) is 8.42 Å². The minimum atomic E-state index is -4.64. The van der Waals surface area contributed by atoms with Gasteiger partial charge >= 0.3 is 6.18 Å². The third kappa shape index (κ3) is 6.53. The van der Waals surface area contributed by atoms with Gasteiger partial charge in [0.25, 0.3) is 15.9 Å². The molecule has 33 heavy (non-hydrogen) atoms. The van der Waals surface area contributed by atoms with Crippen molar-refractivity contribution in [2.45, 2.75) is 11.1 Å². The number of amides is 1. The summed E-state index contributed by atoms with van der Waals surface area (Å²) >= 11 is 11.8. The summed E-state index contributed by atoms with van der Waals surface area (Å²) < 4.78 is 71.8. The van der Waals surface area contributed by atoms with Crippen LogP contribution in [-0.4, -0.2) is 20.9 Å². The van der Waals surface area contributed by atoms with Crippen molar-refractivity contribution in [1.82, 2.24) is 0 Å². The molecule has 0 bridgehead atoms. The molecule has 0 spiro atoms. The van der Waals surface area contributed by atoms with Crippen LogP contribution < -0.4 is 14.8 Å². The molecule has 174 valence electrons. The SMILES string of the molecule is O=C(COc1ccc(S(=O)(=O)Nc2ccc(Cl)cc2)cc1Cl)Nc1ccccc1C(F)(F)F. The first kappa shape index (κ1) is 24.7. The van der Waals surface area contributed by atoms with E-state index < -0.39 is 40.0 Å². The molecule has 0 saturated heterocycles. The minimum absolute atomic E-state index is 0.0265. The number of sulfonamides is 1. The maximum atomic E-state index is 13.0. The van der Waals surface area contributed by atoms with E-state index >= 15 is 0 Å². The third-order valence-corrected chi connectivity index (χ3v) is 6.10. The van der Waals surface area contributed by atoms with E-state index in [9.17, 15) is 26.4 Å². The first-order chi connectivity index (χ1) is 15.5. The lowest BCUT2D eigenvalue weighted by Crippen LogP contribution is -2.22. The Bertz CT molecular complexity index is 1270. The molecule has 0 aliphatic carbocycles. The van der Waals surface area contributed by atoms with Crippen LogP contribution >= 0.6 is 23.2 Å². The molecule has 1 amide bonds. The van der Waals surface area contributed by atoms with E-state index in [0.29, 0.717) is 5.02 Å². The van der Waals surface area contributed by atoms with Crippen molar-refractivity contribution in [2.24, 2.45) is 0 Å². The average molecular weight is 519 g/mol. The predicted octanol–water partition coefficient (Wildman–Crippen LogP) is 5.83. The molecule has 0 aromatic heterocycles. The molecule has 2 N–H and O–H groups in total. The summed E-state index contributed by atoms with van der Waals surface area (Å²) in [5, 5.41) is 2.46. The van der Waals surface area contributed by atoms with Gasteiger partial charge in [0.15, 0.2) is 6.61 Å². The van der Waals surface area contributed by atoms with E-state index in [1.807, 2.05) is 0 Å². The van der Waals surface area contributed by atoms with Crippen molar-refractivity contribution in [3.63, 3.8) is 0 Å². The number of hydrogen-bond acceptors (Lipinski definition) is 4. The first-order valence-corrected chi connectivity index (χ1v) is 11.4. The highest BCUT2D eigenvalue weighted by atomic mass is 35.5. The van der Waals surface area contributed by atoms with Gasteiger partial charge in [0, 0.05) is 10.7 Å². The number of nitrogens with one attached hydrogen (secondary N) is 2. The molecule has 3 rings (SSSR count). The number of para-hydroxylation sites is 1. The molecule has 3 aromatic rings. The fourth-order valence-electron chi connectivity index (χ4n) is 2.67. The Morgan fingerprint density at radius 3 is 2.27 bits per heavy atom. The van der Waals surface area contributed by atoms with Crippen molar-refractivity contribution in [1.29, 1.82) is 0 Å². The summed E-state index contributed by atoms with van der Waals surface area (Å²) in [6, 6.07) is 14.0. The zero-order valence-corrected chi connectivity index (χ0v) is 18.8. The summed E-state index contributed by atoms with van der Waals surface area (Å²) in [5.41, 5.74) is -1.13. The van der Waals surface area contributed by atoms with Crippen LogP contribution in [-0.2, 0) is 21.0 Å². The lowest BCUT2D eigenvalue weighted by molar-refractivity contribution is -0.137. The highest BCUT2D eigenvalue weighted by molar-refractivity contribution is 7.92. The van der Waals surface area contributed by atoms with Gasteiger partial charge in [-0.2, -0.15) is 13.2 Å². The standard InChI is InChI=1S/C21H15Cl2F3N2O4S/c22-13-5-7-14(8-6-13)28-33(30,31)15-9-10-19(17(23)11-15)32-12-20(29)27-18-4-2-1-3-16(18)21(24,25)26/h1-11,28H,12H2,(H,27,29). The zero-order valence-electron chi connectivity index (χ0n) is 16.5. The Balaban J connectivity index is 1.66. The summed E-state index contributed by atoms with van der Waals surface area (Å²) in [7, 11) is -3.98. The summed E-state index contributed by atoms with van der Waals surface area (Å²) in [6.07, 6.45) is -4.64. The van der Waals surface area contributed by atoms with Crippen molar-refractivity contribution in [3.8, 4) is 5.75 Å². The van der Waals surface area contributed by atoms with E-state index in [2.05, 4.69) is 10.0 Å². The number of benzene rings is 3. The van der Waals surface area contributed by atoms with Crippen LogP contribution in [0.15, 0.2) is 71.6 Å². The Morgan fingerprint density at radius 1 is 0.970 bits per heavy atom. The second kappa shape index (κ2) is 9.90. The summed E-state index contributed by atoms with van der Waals surface area (Å²) in [6.45, 7) is -0.652. The predicted molar refractivity (Wildman–Crippen MR) is 119 cm³/mol. The van der Waals surface area contributed by atoms with Crippen molar-refractivity contribution >= 4 is 50.5 Å². The summed E-state index contributed by atoms with van der Waals surface area (Å²) in [4.78, 5) is 11.9. The molecule has 3 aromatic carbocycles. The monoisotopic (exact) mass is 518 g/mol. The molecule has 0 aliphatic heterocycles. The number of alkyl halides is 3. The number of carbonyl (C=O) groups excluding carboxylic acids is 1. The molecule has 0 unspecified atom stereocenters. The van der Waals surface area contributed by atoms with E-state index in [0.717, 1.165) is 18.2 Å². The van der Waals surface area contributed by atoms with Crippen LogP contribution in [0, 0.1) is 0 Å². The largest absolute Gasteiger partial charge is 0.482 e. The quantitative estimate of drug-likeness (QED) is 0.412. The highest BCUT2D eigenvalue weighted by Crippen LogP contribution is 2.34. The second-order valence-electron chi connectivity index (χ2n) is 6.58. The van der Waals surface area contributed by atoms with Gasteiger partial charge in [-0.3, -0.25) is 9.52 Å². The molecule has 0 radical (unpaired) electrons. The normalized spacial score (nSPS) is 11.7. The molecule has 0 saturated carbocycles. The van der Waals surface area contributed by atoms with Gasteiger partial charge in [0.05, 0.1) is 21.2 Å². The second-order valence-corrected chi connectivity index (χ2v) is 9.11. The van der Waals surface area contributed by atoms with Gasteiger partial charge in [0.1, 0.15) is 5.75 Å². The maximum absolute atomic E-state index is 13.0. The molecular weight excluding hydrogens is 504 g/mol. The van der Waals surface area contributed by atoms with Crippen LogP contribution in [0.2, 0.25) is 10.0 Å². The third-order valence-electron chi connectivity index (χ3n) is 4.18. The van der Waals surface area contributed by atoms with Gasteiger partial charge in [-0.15, -0.1) is 0 Å². The Labute approximate surface area is 197 Å². The van der Waals surface area contributed by atoms with Crippen LogP contribution in [0.4, 0.5) is 24.5 Å². The van der Waals surface area contributed by atoms with Crippen molar-refractivity contribution in [3.05, 3.63) is 82.3 Å². The number of anilines is 2. The number of hydrogen-bond donors (Lipinski definition) is 2. The molecule has 6 nitrogen and oxygen atoms in total. The molecule has 0 heterocycles. The van der Waals surface area contributed by atoms with Crippen LogP contribution in [0.5, 0.6) is 5.75 Å². The fourth-order valence-corrected chi connectivity index (χ4v) is 4.18. The van der Waals surface area contributed by atoms with Crippen LogP contribution in [0.25, 0.3) is 0 Å². The Morgan fingerprint density at radius 2 is 1.64 bits per heavy atom. The fraction of sp³-hybridized carbons (Fsp3) is 0.0952. The van der Waals surface area contributed by atoms with Gasteiger partial charge in [-0.1, -0.05) is 35.3 Å². The first-order valence-electron chi connectivity index (χ1n) is 9.12. The van der Waals surface area contributed by atoms with Crippen LogP contribution in [0.3, 0.4) is 0 Å². The molecule has 0 aliphatic rings. The molecule has 12 heteroatoms. The van der Waals surface area contributed by atoms with Gasteiger partial charge < -0.3 is 10.1 Å². The van der Waals surface area contributed by atoms with E-state index in [-0.39, 0.29) is 21.4 Å². The Hall–Kier alpha value is -2.95. The number of carbonyl (C=O) groups is 1. The number of ether oxygens (including phenoxy) is 1. The summed E-state index contributed by atoms with van der Waals surface area (Å²) in [5.74, 6) is -0.884. The Kier molecular flexibility index (Phi) is 7.41. The van der Waals surface area contributed by atoms with E-state index in [1.54, 1.807) is 0 Å². The molecular formula is C21H15Cl2F3N2O4S. The average Bonchev–Trinajstić information content (AvgIpc) is 2.74. The van der Waals surface area contributed by atoms with Crippen molar-refractivity contribution < 1.29 is 31.1 Å². The van der Waals surface area contributed by atoms with Gasteiger partial charge in [0.2, 0.25) is 0 Å². The molecule has 0 fully saturated rings. The van der Waals surface area contributed by atoms with Crippen molar-refractivity contribution in [2.75, 3.05) is 16.6 Å². The minimum Gasteiger partial charge on any atom is -0.482 e. The smallest absolute Gasteiger partial charge is 0.418 e. The van der Waals surface area contributed by atoms with Gasteiger partial charge in [-0.05, 0) is 54.6 Å². The van der Waals surface area contributed by atoms with Crippen LogP contribution in [0.1, 0.15) is 5.56 Å². The lowest BCUT2D eigenvalue weighted by atomic mass is 10.1. The maximum Gasteiger partial charge on any atom is 0.418 e. The lowest BCUT2D eigenvalue weighted by Gasteiger charge is -2.14. The highest BCUT2D eigenvalue weighted by Gasteiger charge is 2.33. The number of halogens is 5. The topological polar surface area (TPSA) is 84.5 Å². The van der Waals surface area contributed by atoms with E-state index in [1.165, 1.54) is 48.5 Å². The van der Waals surface area contributed by atoms with E-state index in [4.69, 9.17) is 27.9 Å². The number of rotatable bonds is 7. The molecule has 0 atom stereocenters. The zero-order chi connectivity index (χ0) is 24.2.